The summed E-state index contributed by atoms with van der Waals surface area (Å²) in [5.74, 6) is -0.739. The third kappa shape index (κ3) is 4.08. The van der Waals surface area contributed by atoms with E-state index in [1.807, 2.05) is 12.1 Å². The van der Waals surface area contributed by atoms with E-state index in [0.29, 0.717) is 22.6 Å². The molecule has 1 atom stereocenters. The van der Waals surface area contributed by atoms with Gasteiger partial charge in [-0.15, -0.1) is 0 Å². The first-order valence-electron chi connectivity index (χ1n) is 6.52. The monoisotopic (exact) mass is 372 g/mol. The van der Waals surface area contributed by atoms with Crippen LogP contribution in [0.15, 0.2) is 34.3 Å². The molecule has 1 aromatic carbocycles. The molecular formula is C15H14BrClO4. The van der Waals surface area contributed by atoms with E-state index in [2.05, 4.69) is 15.9 Å². The Hall–Kier alpha value is -1.33. The number of hydrogen-bond donors (Lipinski definition) is 0. The summed E-state index contributed by atoms with van der Waals surface area (Å²) in [6.45, 7) is 1.99. The average molecular weight is 374 g/mol. The van der Waals surface area contributed by atoms with Crippen LogP contribution in [0.4, 0.5) is 0 Å². The zero-order chi connectivity index (χ0) is 15.4. The third-order valence-electron chi connectivity index (χ3n) is 3.01. The second-order valence-electron chi connectivity index (χ2n) is 4.54. The Labute approximate surface area is 136 Å². The minimum Gasteiger partial charge on any atom is -0.463 e. The van der Waals surface area contributed by atoms with Gasteiger partial charge in [0.2, 0.25) is 0 Å². The fourth-order valence-corrected chi connectivity index (χ4v) is 2.50. The van der Waals surface area contributed by atoms with Gasteiger partial charge in [-0.05, 0) is 24.6 Å². The number of carbonyl (C=O) groups is 2. The molecular weight excluding hydrogens is 360 g/mol. The highest BCUT2D eigenvalue weighted by Gasteiger charge is 2.32. The number of halogens is 2. The van der Waals surface area contributed by atoms with Crippen molar-refractivity contribution in [3.63, 3.8) is 0 Å². The van der Waals surface area contributed by atoms with Crippen LogP contribution in [0.3, 0.4) is 0 Å². The lowest BCUT2D eigenvalue weighted by Crippen LogP contribution is -2.34. The topological polar surface area (TPSA) is 52.6 Å². The number of benzene rings is 1. The van der Waals surface area contributed by atoms with E-state index < -0.39 is 5.97 Å². The van der Waals surface area contributed by atoms with Crippen molar-refractivity contribution in [3.05, 3.63) is 39.9 Å². The summed E-state index contributed by atoms with van der Waals surface area (Å²) in [7, 11) is 0. The molecule has 0 N–H and O–H groups in total. The van der Waals surface area contributed by atoms with E-state index >= 15 is 0 Å². The highest BCUT2D eigenvalue weighted by atomic mass is 79.9. The lowest BCUT2D eigenvalue weighted by atomic mass is 10.00. The van der Waals surface area contributed by atoms with Gasteiger partial charge in [-0.2, -0.15) is 0 Å². The lowest BCUT2D eigenvalue weighted by Gasteiger charge is -2.26. The molecule has 4 nitrogen and oxygen atoms in total. The van der Waals surface area contributed by atoms with Crippen molar-refractivity contribution in [2.75, 3.05) is 6.61 Å². The Kier molecular flexibility index (Phi) is 5.42. The van der Waals surface area contributed by atoms with Crippen molar-refractivity contribution in [1.29, 1.82) is 0 Å². The standard InChI is InChI=1S/C15H14BrClO4/c1-2-20-15(19)12(7-11-8-13(18)21-11)14(17)9-3-5-10(16)6-4-9/h3-6,11H,2,7-8H2,1H3/b14-12-/t11-/m1/s1. The van der Waals surface area contributed by atoms with Gasteiger partial charge in [-0.25, -0.2) is 4.79 Å². The van der Waals surface area contributed by atoms with Crippen molar-refractivity contribution in [2.24, 2.45) is 0 Å². The van der Waals surface area contributed by atoms with Gasteiger partial charge in [0.25, 0.3) is 0 Å². The summed E-state index contributed by atoms with van der Waals surface area (Å²) < 4.78 is 10.9. The second kappa shape index (κ2) is 7.09. The van der Waals surface area contributed by atoms with Gasteiger partial charge in [-0.3, -0.25) is 4.79 Å². The van der Waals surface area contributed by atoms with E-state index in [0.717, 1.165) is 4.47 Å². The summed E-state index contributed by atoms with van der Waals surface area (Å²) in [6, 6.07) is 7.28. The fourth-order valence-electron chi connectivity index (χ4n) is 1.95. The summed E-state index contributed by atoms with van der Waals surface area (Å²) in [4.78, 5) is 22.9. The fraction of sp³-hybridized carbons (Fsp3) is 0.333. The van der Waals surface area contributed by atoms with Crippen molar-refractivity contribution in [1.82, 2.24) is 0 Å². The van der Waals surface area contributed by atoms with E-state index in [1.165, 1.54) is 0 Å². The number of ether oxygens (including phenoxy) is 2. The van der Waals surface area contributed by atoms with Crippen LogP contribution >= 0.6 is 27.5 Å². The summed E-state index contributed by atoms with van der Waals surface area (Å²) in [5, 5.41) is 0.323. The highest BCUT2D eigenvalue weighted by Crippen LogP contribution is 2.31. The van der Waals surface area contributed by atoms with Crippen LogP contribution in [0.2, 0.25) is 0 Å². The van der Waals surface area contributed by atoms with Crippen LogP contribution in [0, 0.1) is 0 Å². The Morgan fingerprint density at radius 2 is 2.05 bits per heavy atom. The normalized spacial score (nSPS) is 18.4. The van der Waals surface area contributed by atoms with Crippen LogP contribution < -0.4 is 0 Å². The predicted octanol–water partition coefficient (Wildman–Crippen LogP) is 3.67. The Morgan fingerprint density at radius 1 is 1.43 bits per heavy atom. The maximum atomic E-state index is 12.1. The van der Waals surface area contributed by atoms with Crippen LogP contribution in [-0.4, -0.2) is 24.6 Å². The molecule has 0 saturated carbocycles. The number of esters is 2. The molecule has 0 aliphatic carbocycles. The van der Waals surface area contributed by atoms with Gasteiger partial charge in [0.1, 0.15) is 6.10 Å². The molecule has 6 heteroatoms. The maximum Gasteiger partial charge on any atom is 0.335 e. The smallest absolute Gasteiger partial charge is 0.335 e. The third-order valence-corrected chi connectivity index (χ3v) is 3.98. The van der Waals surface area contributed by atoms with E-state index in [-0.39, 0.29) is 25.1 Å². The molecule has 1 saturated heterocycles. The largest absolute Gasteiger partial charge is 0.463 e. The quantitative estimate of drug-likeness (QED) is 0.584. The predicted molar refractivity (Wildman–Crippen MR) is 82.7 cm³/mol. The SMILES string of the molecule is CCOC(=O)/C(C[C@@H]1CC(=O)O1)=C(\Cl)c1ccc(Br)cc1. The van der Waals surface area contributed by atoms with E-state index in [4.69, 9.17) is 21.1 Å². The zero-order valence-corrected chi connectivity index (χ0v) is 13.7. The van der Waals surface area contributed by atoms with Gasteiger partial charge in [0.05, 0.1) is 23.6 Å². The molecule has 0 bridgehead atoms. The first-order chi connectivity index (χ1) is 10.0. The highest BCUT2D eigenvalue weighted by molar-refractivity contribution is 9.10. The van der Waals surface area contributed by atoms with Crippen LogP contribution in [0.1, 0.15) is 25.3 Å². The van der Waals surface area contributed by atoms with Gasteiger partial charge >= 0.3 is 11.9 Å². The maximum absolute atomic E-state index is 12.1. The molecule has 1 aliphatic rings. The van der Waals surface area contributed by atoms with Gasteiger partial charge < -0.3 is 9.47 Å². The van der Waals surface area contributed by atoms with Crippen molar-refractivity contribution in [2.45, 2.75) is 25.9 Å². The molecule has 1 aliphatic heterocycles. The molecule has 0 radical (unpaired) electrons. The van der Waals surface area contributed by atoms with Crippen LogP contribution in [-0.2, 0) is 19.1 Å². The van der Waals surface area contributed by atoms with Crippen molar-refractivity contribution >= 4 is 44.5 Å². The molecule has 112 valence electrons. The Morgan fingerprint density at radius 3 is 2.57 bits per heavy atom. The molecule has 2 rings (SSSR count). The molecule has 0 spiro atoms. The average Bonchev–Trinajstić information content (AvgIpc) is 2.42. The molecule has 21 heavy (non-hydrogen) atoms. The van der Waals surface area contributed by atoms with Gasteiger partial charge in [-0.1, -0.05) is 39.7 Å². The number of rotatable bonds is 5. The summed E-state index contributed by atoms with van der Waals surface area (Å²) in [6.07, 6.45) is 0.258. The summed E-state index contributed by atoms with van der Waals surface area (Å²) in [5.41, 5.74) is 1.05. The molecule has 0 amide bonds. The molecule has 0 unspecified atom stereocenters. The molecule has 1 fully saturated rings. The minimum atomic E-state index is -0.478. The lowest BCUT2D eigenvalue weighted by molar-refractivity contribution is -0.169. The molecule has 1 aromatic rings. The van der Waals surface area contributed by atoms with Gasteiger partial charge in [0.15, 0.2) is 0 Å². The second-order valence-corrected chi connectivity index (χ2v) is 5.83. The first kappa shape index (κ1) is 16.0. The number of cyclic esters (lactones) is 1. The first-order valence-corrected chi connectivity index (χ1v) is 7.69. The number of carbonyl (C=O) groups excluding carboxylic acids is 2. The van der Waals surface area contributed by atoms with Crippen LogP contribution in [0.25, 0.3) is 5.03 Å². The van der Waals surface area contributed by atoms with Crippen molar-refractivity contribution < 1.29 is 19.1 Å². The summed E-state index contributed by atoms with van der Waals surface area (Å²) >= 11 is 9.68. The molecule has 0 aromatic heterocycles. The Balaban J connectivity index is 2.26. The molecule has 1 heterocycles. The van der Waals surface area contributed by atoms with E-state index in [9.17, 15) is 9.59 Å². The van der Waals surface area contributed by atoms with E-state index in [1.54, 1.807) is 19.1 Å². The number of hydrogen-bond acceptors (Lipinski definition) is 4. The Bertz CT molecular complexity index is 572. The van der Waals surface area contributed by atoms with Crippen LogP contribution in [0.5, 0.6) is 0 Å². The minimum absolute atomic E-state index is 0.261. The zero-order valence-electron chi connectivity index (χ0n) is 11.4. The van der Waals surface area contributed by atoms with Gasteiger partial charge in [0, 0.05) is 10.9 Å². The van der Waals surface area contributed by atoms with Crippen molar-refractivity contribution in [3.8, 4) is 0 Å².